The Morgan fingerprint density at radius 3 is 1.87 bits per heavy atom. The molecule has 23 heavy (non-hydrogen) atoms. The Hall–Kier alpha value is -2.39. The summed E-state index contributed by atoms with van der Waals surface area (Å²) in [7, 11) is -3.59. The van der Waals surface area contributed by atoms with Crippen LogP contribution in [0, 0.1) is 6.92 Å². The summed E-state index contributed by atoms with van der Waals surface area (Å²) in [6.45, 7) is 1.86. The molecule has 0 radical (unpaired) electrons. The summed E-state index contributed by atoms with van der Waals surface area (Å²) in [6.07, 6.45) is 0. The Labute approximate surface area is 134 Å². The molecule has 0 aliphatic heterocycles. The third-order valence-electron chi connectivity index (χ3n) is 2.59. The predicted molar refractivity (Wildman–Crippen MR) is 88.1 cm³/mol. The Balaban J connectivity index is 0.000000231. The molecule has 0 amide bonds. The van der Waals surface area contributed by atoms with Crippen LogP contribution in [0.4, 0.5) is 11.4 Å². The van der Waals surface area contributed by atoms with Crippen LogP contribution in [0.5, 0.6) is 11.5 Å². The van der Waals surface area contributed by atoms with Gasteiger partial charge in [-0.2, -0.15) is 0 Å². The normalized spacial score (nSPS) is 9.43. The third kappa shape index (κ3) is 7.43. The van der Waals surface area contributed by atoms with Crippen LogP contribution < -0.4 is 20.8 Å². The Morgan fingerprint density at radius 2 is 1.39 bits per heavy atom. The predicted octanol–water partition coefficient (Wildman–Crippen LogP) is -0.457. The topological polar surface area (TPSA) is 151 Å². The van der Waals surface area contributed by atoms with Crippen LogP contribution in [-0.2, 0) is 0 Å². The maximum absolute atomic E-state index is 8.46. The van der Waals surface area contributed by atoms with Gasteiger partial charge in [0.15, 0.2) is 0 Å². The number of hydrogen-bond donors (Lipinski definition) is 6. The molecule has 0 aliphatic carbocycles. The zero-order valence-corrected chi connectivity index (χ0v) is 12.5. The molecule has 0 spiro atoms. The Kier molecular flexibility index (Phi) is 7.23. The van der Waals surface area contributed by atoms with Gasteiger partial charge in [-0.15, -0.1) is 0 Å². The van der Waals surface area contributed by atoms with Crippen LogP contribution in [0.2, 0.25) is 0 Å². The van der Waals surface area contributed by atoms with Crippen molar-refractivity contribution in [1.29, 1.82) is 0 Å². The van der Waals surface area contributed by atoms with E-state index >= 15 is 0 Å². The smallest absolute Gasteiger partial charge is 0.512 e. The highest BCUT2D eigenvalue weighted by Crippen LogP contribution is 2.18. The first-order chi connectivity index (χ1) is 10.8. The van der Waals surface area contributed by atoms with Gasteiger partial charge in [-0.25, -0.2) is 0 Å². The molecule has 0 aromatic heterocycles. The molecule has 0 atom stereocenters. The first kappa shape index (κ1) is 18.7. The molecular formula is C13H18B2N2O6. The highest BCUT2D eigenvalue weighted by atomic mass is 16.6. The van der Waals surface area contributed by atoms with Gasteiger partial charge in [0.1, 0.15) is 11.5 Å². The molecular weight excluding hydrogens is 302 g/mol. The zero-order chi connectivity index (χ0) is 17.4. The summed E-state index contributed by atoms with van der Waals surface area (Å²) in [5.74, 6) is 0.674. The lowest BCUT2D eigenvalue weighted by atomic mass is 10.2. The quantitative estimate of drug-likeness (QED) is 0.327. The van der Waals surface area contributed by atoms with Gasteiger partial charge >= 0.3 is 14.6 Å². The van der Waals surface area contributed by atoms with Gasteiger partial charge in [-0.3, -0.25) is 0 Å². The van der Waals surface area contributed by atoms with E-state index in [2.05, 4.69) is 9.31 Å². The van der Waals surface area contributed by atoms with Crippen molar-refractivity contribution in [3.63, 3.8) is 0 Å². The molecule has 2 rings (SSSR count). The van der Waals surface area contributed by atoms with Gasteiger partial charge in [-0.1, -0.05) is 12.1 Å². The van der Waals surface area contributed by atoms with Crippen LogP contribution in [0.15, 0.2) is 42.5 Å². The second kappa shape index (κ2) is 8.91. The van der Waals surface area contributed by atoms with Gasteiger partial charge in [0.25, 0.3) is 0 Å². The molecule has 0 aliphatic rings. The first-order valence-corrected chi connectivity index (χ1v) is 6.55. The molecule has 8 N–H and O–H groups in total. The summed E-state index contributed by atoms with van der Waals surface area (Å²) in [6, 6.07) is 11.3. The minimum Gasteiger partial charge on any atom is -0.512 e. The average Bonchev–Trinajstić information content (AvgIpc) is 2.42. The molecule has 0 bridgehead atoms. The van der Waals surface area contributed by atoms with Gasteiger partial charge in [0.2, 0.25) is 0 Å². The van der Waals surface area contributed by atoms with Crippen molar-refractivity contribution in [2.75, 3.05) is 11.5 Å². The van der Waals surface area contributed by atoms with Crippen LogP contribution >= 0.6 is 0 Å². The molecule has 0 saturated carbocycles. The molecule has 0 fully saturated rings. The van der Waals surface area contributed by atoms with Crippen molar-refractivity contribution in [3.05, 3.63) is 48.0 Å². The van der Waals surface area contributed by atoms with E-state index in [1.165, 1.54) is 12.1 Å². The molecule has 2 aromatic carbocycles. The van der Waals surface area contributed by atoms with Crippen LogP contribution in [0.3, 0.4) is 0 Å². The van der Waals surface area contributed by atoms with Gasteiger partial charge in [-0.05, 0) is 30.7 Å². The number of nitrogens with two attached hydrogens (primary N) is 2. The maximum atomic E-state index is 8.46. The van der Waals surface area contributed by atoms with E-state index in [9.17, 15) is 0 Å². The van der Waals surface area contributed by atoms with Gasteiger partial charge < -0.3 is 40.9 Å². The molecule has 0 heterocycles. The Bertz CT molecular complexity index is 627. The van der Waals surface area contributed by atoms with E-state index in [0.29, 0.717) is 22.9 Å². The van der Waals surface area contributed by atoms with E-state index < -0.39 is 14.6 Å². The molecule has 8 nitrogen and oxygen atoms in total. The monoisotopic (exact) mass is 320 g/mol. The van der Waals surface area contributed by atoms with Crippen LogP contribution in [0.1, 0.15) is 5.56 Å². The average molecular weight is 320 g/mol. The van der Waals surface area contributed by atoms with E-state index in [4.69, 9.17) is 31.6 Å². The highest BCUT2D eigenvalue weighted by molar-refractivity contribution is 6.34. The van der Waals surface area contributed by atoms with Crippen molar-refractivity contribution in [2.45, 2.75) is 6.92 Å². The van der Waals surface area contributed by atoms with Crippen molar-refractivity contribution in [2.24, 2.45) is 0 Å². The number of benzene rings is 2. The number of hydrogen-bond acceptors (Lipinski definition) is 8. The van der Waals surface area contributed by atoms with Crippen LogP contribution in [0.25, 0.3) is 0 Å². The van der Waals surface area contributed by atoms with Crippen molar-refractivity contribution < 1.29 is 29.4 Å². The van der Waals surface area contributed by atoms with Crippen molar-refractivity contribution in [1.82, 2.24) is 0 Å². The second-order valence-electron chi connectivity index (χ2n) is 4.48. The summed E-state index contributed by atoms with van der Waals surface area (Å²) < 4.78 is 9.11. The summed E-state index contributed by atoms with van der Waals surface area (Å²) in [5, 5.41) is 33.7. The molecule has 2 aromatic rings. The fourth-order valence-electron chi connectivity index (χ4n) is 1.52. The zero-order valence-electron chi connectivity index (χ0n) is 12.5. The summed E-state index contributed by atoms with van der Waals surface area (Å²) in [5.41, 5.74) is 12.9. The lowest BCUT2D eigenvalue weighted by Gasteiger charge is -2.06. The van der Waals surface area contributed by atoms with Gasteiger partial charge in [0, 0.05) is 23.5 Å². The highest BCUT2D eigenvalue weighted by Gasteiger charge is 2.11. The molecule has 0 saturated heterocycles. The van der Waals surface area contributed by atoms with Crippen molar-refractivity contribution >= 4 is 26.0 Å². The van der Waals surface area contributed by atoms with Crippen LogP contribution in [-0.4, -0.2) is 34.7 Å². The van der Waals surface area contributed by atoms with E-state index in [1.807, 2.05) is 6.92 Å². The number of anilines is 2. The fourth-order valence-corrected chi connectivity index (χ4v) is 1.52. The lowest BCUT2D eigenvalue weighted by Crippen LogP contribution is -2.20. The van der Waals surface area contributed by atoms with E-state index in [-0.39, 0.29) is 0 Å². The van der Waals surface area contributed by atoms with Gasteiger partial charge in [0.05, 0.1) is 0 Å². The molecule has 0 unspecified atom stereocenters. The van der Waals surface area contributed by atoms with E-state index in [1.54, 1.807) is 30.3 Å². The van der Waals surface area contributed by atoms with E-state index in [0.717, 1.165) is 5.56 Å². The second-order valence-corrected chi connectivity index (χ2v) is 4.48. The van der Waals surface area contributed by atoms with Crippen molar-refractivity contribution in [3.8, 4) is 11.5 Å². The fraction of sp³-hybridized carbons (Fsp3) is 0.0769. The Morgan fingerprint density at radius 1 is 0.826 bits per heavy atom. The summed E-state index contributed by atoms with van der Waals surface area (Å²) >= 11 is 0. The number of rotatable bonds is 4. The first-order valence-electron chi connectivity index (χ1n) is 6.55. The third-order valence-corrected chi connectivity index (χ3v) is 2.59. The standard InChI is InChI=1S/C7H10BNO3.C6H8BNO3/c1-5-2-3-6(4-7(5)9)12-8(10)11;8-5-2-1-3-6(4-5)11-7(9)10/h2-4,10-11H,9H2,1H3;1-4,9-10H,8H2. The SMILES string of the molecule is Cc1ccc(OB(O)O)cc1N.Nc1cccc(OB(O)O)c1. The lowest BCUT2D eigenvalue weighted by molar-refractivity contribution is 0.286. The largest absolute Gasteiger partial charge is 0.707 e. The molecule has 10 heteroatoms. The summed E-state index contributed by atoms with van der Waals surface area (Å²) in [4.78, 5) is 0. The molecule has 122 valence electrons. The maximum Gasteiger partial charge on any atom is 0.707 e. The number of nitrogen functional groups attached to an aromatic ring is 2. The number of aryl methyl sites for hydroxylation is 1. The minimum absolute atomic E-state index is 0.333. The minimum atomic E-state index is -1.80.